The average Bonchev–Trinajstić information content (AvgIpc) is 2.27. The molecule has 1 aliphatic rings. The van der Waals surface area contributed by atoms with Gasteiger partial charge in [0.05, 0.1) is 0 Å². The standard InChI is InChI=1S/C11H20N2O4/c1-11(17,10(15)16)6-13-8-4-2-7(3-5-8)9(12)14/h7-8,13,17H,2-6H2,1H3,(H2,12,14)(H,15,16). The van der Waals surface area contributed by atoms with Gasteiger partial charge in [-0.15, -0.1) is 0 Å². The van der Waals surface area contributed by atoms with E-state index in [0.717, 1.165) is 25.7 Å². The van der Waals surface area contributed by atoms with Crippen LogP contribution in [0.25, 0.3) is 0 Å². The van der Waals surface area contributed by atoms with Gasteiger partial charge in [-0.2, -0.15) is 0 Å². The molecular weight excluding hydrogens is 224 g/mol. The number of hydrogen-bond donors (Lipinski definition) is 4. The molecule has 98 valence electrons. The normalized spacial score (nSPS) is 28.4. The Hall–Kier alpha value is -1.14. The molecule has 0 aromatic heterocycles. The van der Waals surface area contributed by atoms with Crippen LogP contribution >= 0.6 is 0 Å². The second-order valence-corrected chi connectivity index (χ2v) is 4.91. The Morgan fingerprint density at radius 1 is 1.35 bits per heavy atom. The van der Waals surface area contributed by atoms with Crippen LogP contribution in [0.4, 0.5) is 0 Å². The molecule has 1 unspecified atom stereocenters. The molecule has 6 heteroatoms. The molecule has 0 spiro atoms. The number of carboxylic acid groups (broad SMARTS) is 1. The van der Waals surface area contributed by atoms with Gasteiger partial charge in [0.2, 0.25) is 5.91 Å². The Labute approximate surface area is 100 Å². The van der Waals surface area contributed by atoms with E-state index < -0.39 is 11.6 Å². The fourth-order valence-electron chi connectivity index (χ4n) is 2.00. The number of carbonyl (C=O) groups is 2. The molecule has 0 aliphatic heterocycles. The lowest BCUT2D eigenvalue weighted by molar-refractivity contribution is -0.156. The zero-order valence-corrected chi connectivity index (χ0v) is 9.98. The minimum absolute atomic E-state index is 0.00817. The molecule has 1 aliphatic carbocycles. The lowest BCUT2D eigenvalue weighted by Crippen LogP contribution is -2.48. The topological polar surface area (TPSA) is 113 Å². The molecule has 1 rings (SSSR count). The average molecular weight is 244 g/mol. The molecule has 5 N–H and O–H groups in total. The molecule has 0 aromatic carbocycles. The molecule has 0 bridgehead atoms. The smallest absolute Gasteiger partial charge is 0.336 e. The lowest BCUT2D eigenvalue weighted by Gasteiger charge is -2.29. The summed E-state index contributed by atoms with van der Waals surface area (Å²) in [7, 11) is 0. The Balaban J connectivity index is 2.32. The number of primary amides is 1. The van der Waals surface area contributed by atoms with Crippen molar-refractivity contribution in [3.05, 3.63) is 0 Å². The zero-order chi connectivity index (χ0) is 13.1. The largest absolute Gasteiger partial charge is 0.479 e. The highest BCUT2D eigenvalue weighted by Gasteiger charge is 2.31. The Morgan fingerprint density at radius 3 is 2.29 bits per heavy atom. The second kappa shape index (κ2) is 5.46. The number of carboxylic acids is 1. The minimum atomic E-state index is -1.75. The van der Waals surface area contributed by atoms with E-state index in [1.54, 1.807) is 0 Å². The van der Waals surface area contributed by atoms with Crippen LogP contribution in [0.1, 0.15) is 32.6 Å². The summed E-state index contributed by atoms with van der Waals surface area (Å²) in [5.41, 5.74) is 3.47. The number of amides is 1. The van der Waals surface area contributed by atoms with Crippen molar-refractivity contribution in [1.82, 2.24) is 5.32 Å². The summed E-state index contributed by atoms with van der Waals surface area (Å²) in [6.07, 6.45) is 3.01. The minimum Gasteiger partial charge on any atom is -0.479 e. The Bertz CT molecular complexity index is 296. The van der Waals surface area contributed by atoms with E-state index >= 15 is 0 Å². The number of nitrogens with one attached hydrogen (secondary N) is 1. The van der Waals surface area contributed by atoms with Gasteiger partial charge in [-0.3, -0.25) is 4.79 Å². The summed E-state index contributed by atoms with van der Waals surface area (Å²) in [5, 5.41) is 21.3. The number of aliphatic hydroxyl groups is 1. The summed E-state index contributed by atoms with van der Waals surface area (Å²) < 4.78 is 0. The van der Waals surface area contributed by atoms with Gasteiger partial charge < -0.3 is 21.3 Å². The monoisotopic (exact) mass is 244 g/mol. The van der Waals surface area contributed by atoms with Gasteiger partial charge in [-0.25, -0.2) is 4.79 Å². The fraction of sp³-hybridized carbons (Fsp3) is 0.818. The molecule has 0 radical (unpaired) electrons. The molecule has 0 heterocycles. The maximum atomic E-state index is 11.0. The van der Waals surface area contributed by atoms with Crippen molar-refractivity contribution < 1.29 is 19.8 Å². The quantitative estimate of drug-likeness (QED) is 0.518. The summed E-state index contributed by atoms with van der Waals surface area (Å²) in [4.78, 5) is 21.6. The van der Waals surface area contributed by atoms with Crippen molar-refractivity contribution >= 4 is 11.9 Å². The van der Waals surface area contributed by atoms with E-state index in [4.69, 9.17) is 10.8 Å². The molecular formula is C11H20N2O4. The van der Waals surface area contributed by atoms with Crippen LogP contribution in [0.15, 0.2) is 0 Å². The van der Waals surface area contributed by atoms with Crippen LogP contribution in [0.5, 0.6) is 0 Å². The van der Waals surface area contributed by atoms with Gasteiger partial charge in [0, 0.05) is 18.5 Å². The van der Waals surface area contributed by atoms with Crippen LogP contribution in [0, 0.1) is 5.92 Å². The van der Waals surface area contributed by atoms with Crippen LogP contribution in [-0.2, 0) is 9.59 Å². The molecule has 6 nitrogen and oxygen atoms in total. The number of carbonyl (C=O) groups excluding carboxylic acids is 1. The van der Waals surface area contributed by atoms with Gasteiger partial charge in [0.1, 0.15) is 0 Å². The van der Waals surface area contributed by atoms with Crippen molar-refractivity contribution in [3.8, 4) is 0 Å². The number of rotatable bonds is 5. The van der Waals surface area contributed by atoms with Gasteiger partial charge in [-0.1, -0.05) is 0 Å². The van der Waals surface area contributed by atoms with Gasteiger partial charge >= 0.3 is 5.97 Å². The summed E-state index contributed by atoms with van der Waals surface area (Å²) >= 11 is 0. The first-order valence-corrected chi connectivity index (χ1v) is 5.81. The molecule has 17 heavy (non-hydrogen) atoms. The highest BCUT2D eigenvalue weighted by molar-refractivity contribution is 5.77. The first kappa shape index (κ1) is 13.9. The highest BCUT2D eigenvalue weighted by Crippen LogP contribution is 2.24. The van der Waals surface area contributed by atoms with Gasteiger partial charge in [0.25, 0.3) is 0 Å². The Kier molecular flexibility index (Phi) is 4.47. The third-order valence-corrected chi connectivity index (χ3v) is 3.33. The van der Waals surface area contributed by atoms with Crippen LogP contribution in [0.3, 0.4) is 0 Å². The summed E-state index contributed by atoms with van der Waals surface area (Å²) in [5.74, 6) is -1.56. The predicted octanol–water partition coefficient (Wildman–Crippen LogP) is -0.544. The van der Waals surface area contributed by atoms with Crippen molar-refractivity contribution in [3.63, 3.8) is 0 Å². The summed E-state index contributed by atoms with van der Waals surface area (Å²) in [6.45, 7) is 1.27. The second-order valence-electron chi connectivity index (χ2n) is 4.91. The predicted molar refractivity (Wildman–Crippen MR) is 61.2 cm³/mol. The maximum absolute atomic E-state index is 11.0. The molecule has 1 atom stereocenters. The van der Waals surface area contributed by atoms with Crippen LogP contribution in [-0.4, -0.2) is 40.3 Å². The molecule has 1 fully saturated rings. The van der Waals surface area contributed by atoms with Crippen LogP contribution in [0.2, 0.25) is 0 Å². The Morgan fingerprint density at radius 2 is 1.88 bits per heavy atom. The zero-order valence-electron chi connectivity index (χ0n) is 9.98. The highest BCUT2D eigenvalue weighted by atomic mass is 16.4. The van der Waals surface area contributed by atoms with E-state index in [1.807, 2.05) is 0 Å². The third-order valence-electron chi connectivity index (χ3n) is 3.33. The third kappa shape index (κ3) is 3.98. The van der Waals surface area contributed by atoms with Crippen molar-refractivity contribution in [2.24, 2.45) is 11.7 Å². The maximum Gasteiger partial charge on any atom is 0.336 e. The van der Waals surface area contributed by atoms with Crippen molar-refractivity contribution in [1.29, 1.82) is 0 Å². The van der Waals surface area contributed by atoms with Gasteiger partial charge in [-0.05, 0) is 32.6 Å². The van der Waals surface area contributed by atoms with Crippen molar-refractivity contribution in [2.75, 3.05) is 6.54 Å². The fourth-order valence-corrected chi connectivity index (χ4v) is 2.00. The summed E-state index contributed by atoms with van der Waals surface area (Å²) in [6, 6.07) is 0.149. The number of aliphatic carboxylic acids is 1. The van der Waals surface area contributed by atoms with E-state index in [9.17, 15) is 14.7 Å². The number of hydrogen-bond acceptors (Lipinski definition) is 4. The van der Waals surface area contributed by atoms with E-state index in [2.05, 4.69) is 5.32 Å². The van der Waals surface area contributed by atoms with E-state index in [0.29, 0.717) is 0 Å². The molecule has 0 saturated heterocycles. The molecule has 1 amide bonds. The SMILES string of the molecule is CC(O)(CNC1CCC(C(N)=O)CC1)C(=O)O. The lowest BCUT2D eigenvalue weighted by atomic mass is 9.85. The van der Waals surface area contributed by atoms with E-state index in [-0.39, 0.29) is 24.4 Å². The van der Waals surface area contributed by atoms with E-state index in [1.165, 1.54) is 6.92 Å². The number of nitrogens with two attached hydrogens (primary N) is 1. The molecule has 0 aromatic rings. The molecule has 1 saturated carbocycles. The van der Waals surface area contributed by atoms with Crippen LogP contribution < -0.4 is 11.1 Å². The first-order chi connectivity index (χ1) is 7.83. The van der Waals surface area contributed by atoms with Gasteiger partial charge in [0.15, 0.2) is 5.60 Å². The first-order valence-electron chi connectivity index (χ1n) is 5.81. The van der Waals surface area contributed by atoms with Crippen molar-refractivity contribution in [2.45, 2.75) is 44.2 Å².